The predicted molar refractivity (Wildman–Crippen MR) is 84.9 cm³/mol. The number of aromatic nitrogens is 1. The lowest BCUT2D eigenvalue weighted by Crippen LogP contribution is -2.33. The second-order valence-corrected chi connectivity index (χ2v) is 5.98. The van der Waals surface area contributed by atoms with Crippen LogP contribution in [-0.4, -0.2) is 18.1 Å². The van der Waals surface area contributed by atoms with Crippen molar-refractivity contribution in [1.29, 1.82) is 0 Å². The molecule has 1 heterocycles. The molecule has 106 valence electrons. The van der Waals surface area contributed by atoms with Crippen molar-refractivity contribution in [1.82, 2.24) is 10.3 Å². The molecule has 1 N–H and O–H groups in total. The number of fused-ring (bicyclic) bond motifs is 1. The average Bonchev–Trinajstić information content (AvgIpc) is 2.72. The van der Waals surface area contributed by atoms with E-state index >= 15 is 0 Å². The van der Waals surface area contributed by atoms with Crippen molar-refractivity contribution < 1.29 is 0 Å². The summed E-state index contributed by atoms with van der Waals surface area (Å²) in [7, 11) is 2.12. The van der Waals surface area contributed by atoms with Crippen LogP contribution < -0.4 is 5.32 Å². The van der Waals surface area contributed by atoms with Gasteiger partial charge in [-0.1, -0.05) is 37.5 Å². The quantitative estimate of drug-likeness (QED) is 0.853. The van der Waals surface area contributed by atoms with Crippen molar-refractivity contribution in [2.75, 3.05) is 7.05 Å². The third kappa shape index (κ3) is 2.85. The number of nitrogens with zero attached hydrogens (tertiary/aromatic N) is 1. The summed E-state index contributed by atoms with van der Waals surface area (Å²) in [5.41, 5.74) is 2.59. The van der Waals surface area contributed by atoms with Gasteiger partial charge in [-0.3, -0.25) is 4.98 Å². The Morgan fingerprint density at radius 1 is 1.10 bits per heavy atom. The summed E-state index contributed by atoms with van der Waals surface area (Å²) in [6.45, 7) is 0. The molecule has 20 heavy (non-hydrogen) atoms. The molecule has 2 aromatic rings. The van der Waals surface area contributed by atoms with Crippen LogP contribution in [0.3, 0.4) is 0 Å². The van der Waals surface area contributed by atoms with Crippen molar-refractivity contribution in [3.63, 3.8) is 0 Å². The van der Waals surface area contributed by atoms with Gasteiger partial charge >= 0.3 is 0 Å². The smallest absolute Gasteiger partial charge is 0.0704 e. The van der Waals surface area contributed by atoms with E-state index in [1.54, 1.807) is 0 Å². The average molecular weight is 268 g/mol. The zero-order valence-electron chi connectivity index (χ0n) is 12.3. The van der Waals surface area contributed by atoms with Crippen LogP contribution in [-0.2, 0) is 6.42 Å². The Morgan fingerprint density at radius 3 is 2.85 bits per heavy atom. The van der Waals surface area contributed by atoms with Crippen molar-refractivity contribution in [3.8, 4) is 0 Å². The molecule has 1 saturated carbocycles. The van der Waals surface area contributed by atoms with Crippen LogP contribution in [0, 0.1) is 5.92 Å². The molecule has 3 rings (SSSR count). The molecule has 1 aliphatic carbocycles. The highest BCUT2D eigenvalue weighted by atomic mass is 14.9. The second kappa shape index (κ2) is 6.36. The van der Waals surface area contributed by atoms with Crippen LogP contribution in [0.4, 0.5) is 0 Å². The lowest BCUT2D eigenvalue weighted by Gasteiger charge is -2.25. The van der Waals surface area contributed by atoms with Crippen LogP contribution in [0.2, 0.25) is 0 Å². The zero-order valence-corrected chi connectivity index (χ0v) is 12.3. The number of benzene rings is 1. The molecule has 2 atom stereocenters. The molecule has 2 nitrogen and oxygen atoms in total. The summed E-state index contributed by atoms with van der Waals surface area (Å²) in [6, 6.07) is 11.4. The number of nitrogens with one attached hydrogen (secondary N) is 1. The van der Waals surface area contributed by atoms with E-state index in [9.17, 15) is 0 Å². The summed E-state index contributed by atoms with van der Waals surface area (Å²) in [5, 5.41) is 4.87. The van der Waals surface area contributed by atoms with E-state index in [-0.39, 0.29) is 0 Å². The minimum Gasteiger partial charge on any atom is -0.317 e. The Balaban J connectivity index is 1.87. The fourth-order valence-electron chi connectivity index (χ4n) is 3.62. The van der Waals surface area contributed by atoms with Gasteiger partial charge in [0, 0.05) is 17.6 Å². The normalized spacial score (nSPS) is 23.6. The summed E-state index contributed by atoms with van der Waals surface area (Å²) in [6.07, 6.45) is 9.96. The first-order valence-corrected chi connectivity index (χ1v) is 7.88. The van der Waals surface area contributed by atoms with E-state index in [1.807, 2.05) is 6.20 Å². The maximum Gasteiger partial charge on any atom is 0.0704 e. The van der Waals surface area contributed by atoms with Gasteiger partial charge in [-0.15, -0.1) is 0 Å². The highest BCUT2D eigenvalue weighted by Crippen LogP contribution is 2.28. The van der Waals surface area contributed by atoms with Gasteiger partial charge in [0.15, 0.2) is 0 Å². The maximum absolute atomic E-state index is 4.48. The molecule has 1 fully saturated rings. The van der Waals surface area contributed by atoms with E-state index < -0.39 is 0 Å². The largest absolute Gasteiger partial charge is 0.317 e. The molecule has 1 aromatic heterocycles. The van der Waals surface area contributed by atoms with E-state index in [0.717, 1.165) is 11.4 Å². The Morgan fingerprint density at radius 2 is 1.95 bits per heavy atom. The van der Waals surface area contributed by atoms with E-state index in [4.69, 9.17) is 0 Å². The lowest BCUT2D eigenvalue weighted by molar-refractivity contribution is 0.351. The Labute approximate surface area is 121 Å². The third-order valence-corrected chi connectivity index (χ3v) is 4.75. The van der Waals surface area contributed by atoms with E-state index in [1.165, 1.54) is 49.5 Å². The second-order valence-electron chi connectivity index (χ2n) is 5.98. The zero-order chi connectivity index (χ0) is 13.8. The van der Waals surface area contributed by atoms with Gasteiger partial charge in [0.1, 0.15) is 0 Å². The Hall–Kier alpha value is -1.41. The third-order valence-electron chi connectivity index (χ3n) is 4.75. The molecule has 0 spiro atoms. The van der Waals surface area contributed by atoms with Crippen LogP contribution in [0.1, 0.15) is 37.7 Å². The van der Waals surface area contributed by atoms with E-state index in [2.05, 4.69) is 47.7 Å². The lowest BCUT2D eigenvalue weighted by atomic mass is 9.87. The predicted octanol–water partition coefficient (Wildman–Crippen LogP) is 3.95. The fraction of sp³-hybridized carbons (Fsp3) is 0.500. The molecule has 0 amide bonds. The standard InChI is InChI=1S/C18H24N2/c1-19-17-9-4-2-3-7-15(17)13-14-11-12-20-18-10-6-5-8-16(14)18/h5-6,8,10-12,15,17,19H,2-4,7,9,13H2,1H3. The van der Waals surface area contributed by atoms with Crippen molar-refractivity contribution in [3.05, 3.63) is 42.1 Å². The van der Waals surface area contributed by atoms with Crippen LogP contribution >= 0.6 is 0 Å². The van der Waals surface area contributed by atoms with Crippen LogP contribution in [0.25, 0.3) is 10.9 Å². The molecular formula is C18H24N2. The molecular weight excluding hydrogens is 244 g/mol. The Kier molecular flexibility index (Phi) is 4.31. The summed E-state index contributed by atoms with van der Waals surface area (Å²) in [4.78, 5) is 4.48. The van der Waals surface area contributed by atoms with Gasteiger partial charge in [-0.2, -0.15) is 0 Å². The molecule has 2 unspecified atom stereocenters. The SMILES string of the molecule is CNC1CCCCCC1Cc1ccnc2ccccc12. The molecule has 0 radical (unpaired) electrons. The fourth-order valence-corrected chi connectivity index (χ4v) is 3.62. The maximum atomic E-state index is 4.48. The molecule has 0 bridgehead atoms. The Bertz CT molecular complexity index is 559. The number of rotatable bonds is 3. The van der Waals surface area contributed by atoms with Gasteiger partial charge in [-0.25, -0.2) is 0 Å². The molecule has 0 aliphatic heterocycles. The van der Waals surface area contributed by atoms with Gasteiger partial charge < -0.3 is 5.32 Å². The summed E-state index contributed by atoms with van der Waals surface area (Å²) < 4.78 is 0. The number of hydrogen-bond donors (Lipinski definition) is 1. The molecule has 1 aliphatic rings. The van der Waals surface area contributed by atoms with Crippen molar-refractivity contribution in [2.24, 2.45) is 5.92 Å². The van der Waals surface area contributed by atoms with Crippen LogP contribution in [0.5, 0.6) is 0 Å². The van der Waals surface area contributed by atoms with Crippen molar-refractivity contribution in [2.45, 2.75) is 44.6 Å². The van der Waals surface area contributed by atoms with Gasteiger partial charge in [0.05, 0.1) is 5.52 Å². The minimum absolute atomic E-state index is 0.671. The van der Waals surface area contributed by atoms with E-state index in [0.29, 0.717) is 6.04 Å². The van der Waals surface area contributed by atoms with Gasteiger partial charge in [-0.05, 0) is 49.9 Å². The molecule has 1 aromatic carbocycles. The molecule has 2 heteroatoms. The monoisotopic (exact) mass is 268 g/mol. The first-order valence-electron chi connectivity index (χ1n) is 7.88. The number of para-hydroxylation sites is 1. The number of hydrogen-bond acceptors (Lipinski definition) is 2. The number of pyridine rings is 1. The highest BCUT2D eigenvalue weighted by molar-refractivity contribution is 5.81. The summed E-state index contributed by atoms with van der Waals surface area (Å²) >= 11 is 0. The molecule has 0 saturated heterocycles. The van der Waals surface area contributed by atoms with Crippen molar-refractivity contribution >= 4 is 10.9 Å². The van der Waals surface area contributed by atoms with Gasteiger partial charge in [0.25, 0.3) is 0 Å². The highest BCUT2D eigenvalue weighted by Gasteiger charge is 2.23. The summed E-state index contributed by atoms with van der Waals surface area (Å²) in [5.74, 6) is 0.758. The first-order chi connectivity index (χ1) is 9.88. The first kappa shape index (κ1) is 13.6. The topological polar surface area (TPSA) is 24.9 Å². The minimum atomic E-state index is 0.671. The van der Waals surface area contributed by atoms with Crippen LogP contribution in [0.15, 0.2) is 36.5 Å². The van der Waals surface area contributed by atoms with Gasteiger partial charge in [0.2, 0.25) is 0 Å².